The molecule has 0 unspecified atom stereocenters. The summed E-state index contributed by atoms with van der Waals surface area (Å²) in [6, 6.07) is 13.6. The second-order valence-corrected chi connectivity index (χ2v) is 8.39. The predicted molar refractivity (Wildman–Crippen MR) is 99.8 cm³/mol. The van der Waals surface area contributed by atoms with E-state index in [4.69, 9.17) is 4.74 Å². The number of hydrogen-bond donors (Lipinski definition) is 1. The summed E-state index contributed by atoms with van der Waals surface area (Å²) in [5, 5.41) is 0. The van der Waals surface area contributed by atoms with Crippen LogP contribution in [0.4, 0.5) is 4.79 Å². The number of benzene rings is 2. The molecule has 3 rings (SSSR count). The highest BCUT2D eigenvalue weighted by Crippen LogP contribution is 2.33. The van der Waals surface area contributed by atoms with E-state index in [1.54, 1.807) is 24.3 Å². The molecular weight excluding hydrogens is 350 g/mol. The van der Waals surface area contributed by atoms with Crippen molar-refractivity contribution in [2.75, 3.05) is 0 Å². The quantitative estimate of drug-likeness (QED) is 0.855. The van der Waals surface area contributed by atoms with E-state index in [1.807, 2.05) is 23.8 Å². The zero-order valence-electron chi connectivity index (χ0n) is 14.8. The van der Waals surface area contributed by atoms with Gasteiger partial charge in [-0.2, -0.15) is 0 Å². The number of sulfonamides is 1. The number of ether oxygens (including phenoxy) is 1. The maximum Gasteiger partial charge on any atom is 0.426 e. The molecule has 1 N–H and O–H groups in total. The summed E-state index contributed by atoms with van der Waals surface area (Å²) >= 11 is 0. The van der Waals surface area contributed by atoms with Gasteiger partial charge in [0.25, 0.3) is 10.0 Å². The van der Waals surface area contributed by atoms with Gasteiger partial charge < -0.3 is 4.74 Å². The molecule has 0 aliphatic heterocycles. The van der Waals surface area contributed by atoms with Crippen LogP contribution < -0.4 is 9.46 Å². The number of rotatable bonds is 4. The first-order valence-electron chi connectivity index (χ1n) is 8.85. The first-order chi connectivity index (χ1) is 12.4. The van der Waals surface area contributed by atoms with Crippen molar-refractivity contribution in [2.24, 2.45) is 0 Å². The smallest absolute Gasteiger partial charge is 0.410 e. The normalized spacial score (nSPS) is 15.4. The molecular formula is C20H23NO4S. The summed E-state index contributed by atoms with van der Waals surface area (Å²) in [5.74, 6) is 0.884. The molecule has 1 saturated carbocycles. The van der Waals surface area contributed by atoms with E-state index in [9.17, 15) is 13.2 Å². The van der Waals surface area contributed by atoms with Gasteiger partial charge >= 0.3 is 6.09 Å². The lowest BCUT2D eigenvalue weighted by molar-refractivity contribution is 0.207. The molecule has 0 saturated heterocycles. The fourth-order valence-electron chi connectivity index (χ4n) is 3.26. The van der Waals surface area contributed by atoms with Crippen LogP contribution in [0.1, 0.15) is 49.1 Å². The molecule has 2 aromatic rings. The molecule has 0 bridgehead atoms. The first kappa shape index (κ1) is 18.5. The van der Waals surface area contributed by atoms with Gasteiger partial charge in [0.15, 0.2) is 0 Å². The van der Waals surface area contributed by atoms with Crippen molar-refractivity contribution in [2.45, 2.75) is 49.8 Å². The Bertz CT molecular complexity index is 852. The van der Waals surface area contributed by atoms with E-state index in [0.717, 1.165) is 5.56 Å². The van der Waals surface area contributed by atoms with Crippen LogP contribution in [0, 0.1) is 6.92 Å². The van der Waals surface area contributed by atoms with Gasteiger partial charge in [-0.15, -0.1) is 0 Å². The van der Waals surface area contributed by atoms with E-state index in [-0.39, 0.29) is 4.90 Å². The van der Waals surface area contributed by atoms with Crippen LogP contribution in [0.3, 0.4) is 0 Å². The summed E-state index contributed by atoms with van der Waals surface area (Å²) in [7, 11) is -3.95. The summed E-state index contributed by atoms with van der Waals surface area (Å²) in [6.45, 7) is 1.86. The number of nitrogens with one attached hydrogen (secondary N) is 1. The minimum absolute atomic E-state index is 0.0210. The van der Waals surface area contributed by atoms with Crippen LogP contribution in [-0.4, -0.2) is 14.5 Å². The number of hydrogen-bond acceptors (Lipinski definition) is 4. The average molecular weight is 373 g/mol. The Morgan fingerprint density at radius 3 is 2.19 bits per heavy atom. The zero-order valence-corrected chi connectivity index (χ0v) is 15.6. The Morgan fingerprint density at radius 2 is 1.58 bits per heavy atom. The largest absolute Gasteiger partial charge is 0.426 e. The van der Waals surface area contributed by atoms with Crippen molar-refractivity contribution in [3.8, 4) is 5.75 Å². The van der Waals surface area contributed by atoms with Gasteiger partial charge in [-0.05, 0) is 55.5 Å². The van der Waals surface area contributed by atoms with Crippen molar-refractivity contribution in [1.29, 1.82) is 0 Å². The van der Waals surface area contributed by atoms with Gasteiger partial charge in [0.2, 0.25) is 0 Å². The number of amides is 1. The third kappa shape index (κ3) is 4.64. The zero-order chi connectivity index (χ0) is 18.6. The molecule has 1 aliphatic rings. The van der Waals surface area contributed by atoms with Crippen molar-refractivity contribution in [3.63, 3.8) is 0 Å². The molecule has 1 fully saturated rings. The van der Waals surface area contributed by atoms with E-state index < -0.39 is 16.1 Å². The van der Waals surface area contributed by atoms with E-state index in [1.165, 1.54) is 49.8 Å². The summed E-state index contributed by atoms with van der Waals surface area (Å²) in [4.78, 5) is 12.0. The third-order valence-electron chi connectivity index (χ3n) is 4.72. The lowest BCUT2D eigenvalue weighted by Crippen LogP contribution is -2.33. The lowest BCUT2D eigenvalue weighted by Gasteiger charge is -2.22. The van der Waals surface area contributed by atoms with Crippen molar-refractivity contribution < 1.29 is 17.9 Å². The summed E-state index contributed by atoms with van der Waals surface area (Å²) < 4.78 is 31.4. The van der Waals surface area contributed by atoms with Gasteiger partial charge in [-0.1, -0.05) is 49.1 Å². The molecule has 0 atom stereocenters. The molecule has 6 heteroatoms. The third-order valence-corrected chi connectivity index (χ3v) is 6.04. The standard InChI is InChI=1S/C20H23NO4S/c1-15-7-13-19(14-8-15)26(23,24)21-20(22)25-18-11-9-17(10-12-18)16-5-3-2-4-6-16/h7-14,16H,2-6H2,1H3,(H,21,22). The molecule has 138 valence electrons. The van der Waals surface area contributed by atoms with Crippen molar-refractivity contribution >= 4 is 16.1 Å². The number of carbonyl (C=O) groups excluding carboxylic acids is 1. The monoisotopic (exact) mass is 373 g/mol. The maximum atomic E-state index is 12.2. The van der Waals surface area contributed by atoms with Crippen LogP contribution in [0.5, 0.6) is 5.75 Å². The first-order valence-corrected chi connectivity index (χ1v) is 10.3. The van der Waals surface area contributed by atoms with Gasteiger partial charge in [-0.25, -0.2) is 17.9 Å². The van der Waals surface area contributed by atoms with E-state index >= 15 is 0 Å². The topological polar surface area (TPSA) is 72.5 Å². The fraction of sp³-hybridized carbons (Fsp3) is 0.350. The highest BCUT2D eigenvalue weighted by Gasteiger charge is 2.19. The van der Waals surface area contributed by atoms with Crippen LogP contribution in [0.2, 0.25) is 0 Å². The SMILES string of the molecule is Cc1ccc(S(=O)(=O)NC(=O)Oc2ccc(C3CCCCC3)cc2)cc1. The van der Waals surface area contributed by atoms with Gasteiger partial charge in [0.05, 0.1) is 4.90 Å². The molecule has 0 heterocycles. The Balaban J connectivity index is 1.61. The summed E-state index contributed by atoms with van der Waals surface area (Å²) in [6.07, 6.45) is 5.17. The van der Waals surface area contributed by atoms with Crippen LogP contribution in [0.25, 0.3) is 0 Å². The predicted octanol–water partition coefficient (Wildman–Crippen LogP) is 4.52. The minimum atomic E-state index is -3.95. The Labute approximate surface area is 154 Å². The Kier molecular flexibility index (Phi) is 5.61. The second-order valence-electron chi connectivity index (χ2n) is 6.71. The van der Waals surface area contributed by atoms with Crippen LogP contribution >= 0.6 is 0 Å². The second kappa shape index (κ2) is 7.91. The highest BCUT2D eigenvalue weighted by molar-refractivity contribution is 7.90. The highest BCUT2D eigenvalue weighted by atomic mass is 32.2. The van der Waals surface area contributed by atoms with Gasteiger partial charge in [0.1, 0.15) is 5.75 Å². The van der Waals surface area contributed by atoms with Gasteiger partial charge in [-0.3, -0.25) is 0 Å². The number of carbonyl (C=O) groups is 1. The average Bonchev–Trinajstić information content (AvgIpc) is 2.63. The van der Waals surface area contributed by atoms with E-state index in [0.29, 0.717) is 11.7 Å². The Hall–Kier alpha value is -2.34. The van der Waals surface area contributed by atoms with E-state index in [2.05, 4.69) is 0 Å². The maximum absolute atomic E-state index is 12.2. The van der Waals surface area contributed by atoms with Crippen LogP contribution in [-0.2, 0) is 10.0 Å². The van der Waals surface area contributed by atoms with Crippen molar-refractivity contribution in [3.05, 3.63) is 59.7 Å². The molecule has 5 nitrogen and oxygen atoms in total. The molecule has 1 aliphatic carbocycles. The Morgan fingerprint density at radius 1 is 0.962 bits per heavy atom. The molecule has 1 amide bonds. The lowest BCUT2D eigenvalue weighted by atomic mass is 9.84. The molecule has 26 heavy (non-hydrogen) atoms. The molecule has 0 aromatic heterocycles. The molecule has 0 radical (unpaired) electrons. The fourth-order valence-corrected chi connectivity index (χ4v) is 4.13. The molecule has 0 spiro atoms. The number of aryl methyl sites for hydroxylation is 1. The van der Waals surface area contributed by atoms with Crippen LogP contribution in [0.15, 0.2) is 53.4 Å². The minimum Gasteiger partial charge on any atom is -0.410 e. The van der Waals surface area contributed by atoms with Crippen molar-refractivity contribution in [1.82, 2.24) is 4.72 Å². The summed E-state index contributed by atoms with van der Waals surface area (Å²) in [5.41, 5.74) is 2.18. The van der Waals surface area contributed by atoms with Gasteiger partial charge in [0, 0.05) is 0 Å². The molecule has 2 aromatic carbocycles.